The predicted octanol–water partition coefficient (Wildman–Crippen LogP) is 2.95. The van der Waals surface area contributed by atoms with E-state index in [0.29, 0.717) is 4.60 Å². The average Bonchev–Trinajstić information content (AvgIpc) is 2.42. The van der Waals surface area contributed by atoms with E-state index in [-0.39, 0.29) is 21.1 Å². The molecule has 0 bridgehead atoms. The lowest BCUT2D eigenvalue weighted by Crippen LogP contribution is -2.15. The maximum absolute atomic E-state index is 13.6. The molecule has 0 fully saturated rings. The topological polar surface area (TPSA) is 81.2 Å². The largest absolute Gasteiger partial charge is 0.494 e. The van der Waals surface area contributed by atoms with Crippen LogP contribution in [0.3, 0.4) is 0 Å². The molecule has 2 aromatic rings. The Hall–Kier alpha value is -1.26. The third kappa shape index (κ3) is 3.69. The summed E-state index contributed by atoms with van der Waals surface area (Å²) in [4.78, 5) is 7.57. The summed E-state index contributed by atoms with van der Waals surface area (Å²) in [6.45, 7) is 0. The molecule has 0 saturated carbocycles. The minimum Gasteiger partial charge on any atom is -0.494 e. The lowest BCUT2D eigenvalue weighted by molar-refractivity contribution is 0.385. The Morgan fingerprint density at radius 2 is 2.05 bits per heavy atom. The van der Waals surface area contributed by atoms with Crippen LogP contribution in [0.4, 0.5) is 10.2 Å². The van der Waals surface area contributed by atoms with E-state index in [9.17, 15) is 12.8 Å². The fraction of sp³-hybridized carbons (Fsp3) is 0.0909. The van der Waals surface area contributed by atoms with Gasteiger partial charge in [0.1, 0.15) is 4.60 Å². The molecule has 1 N–H and O–H groups in total. The summed E-state index contributed by atoms with van der Waals surface area (Å²) in [5.74, 6) is -0.825. The van der Waals surface area contributed by atoms with E-state index in [2.05, 4.69) is 46.5 Å². The number of methoxy groups -OCH3 is 1. The van der Waals surface area contributed by atoms with Crippen LogP contribution >= 0.6 is 31.9 Å². The van der Waals surface area contributed by atoms with Crippen LogP contribution in [-0.2, 0) is 10.0 Å². The van der Waals surface area contributed by atoms with Gasteiger partial charge in [0, 0.05) is 0 Å². The number of aromatic nitrogens is 2. The first-order valence-electron chi connectivity index (χ1n) is 5.38. The Bertz CT molecular complexity index is 786. The third-order valence-corrected chi connectivity index (χ3v) is 4.64. The fourth-order valence-electron chi connectivity index (χ4n) is 1.42. The second-order valence-corrected chi connectivity index (χ2v) is 6.98. The number of halogens is 3. The van der Waals surface area contributed by atoms with Crippen molar-refractivity contribution >= 4 is 47.7 Å². The first-order valence-corrected chi connectivity index (χ1v) is 8.45. The van der Waals surface area contributed by atoms with Gasteiger partial charge in [-0.2, -0.15) is 0 Å². The number of nitrogens with zero attached hydrogens (tertiary/aromatic N) is 2. The van der Waals surface area contributed by atoms with Gasteiger partial charge in [-0.15, -0.1) is 0 Å². The number of hydrogen-bond acceptors (Lipinski definition) is 5. The van der Waals surface area contributed by atoms with E-state index in [1.807, 2.05) is 0 Å². The molecule has 0 atom stereocenters. The molecule has 6 nitrogen and oxygen atoms in total. The average molecular weight is 441 g/mol. The van der Waals surface area contributed by atoms with Crippen LogP contribution < -0.4 is 9.46 Å². The summed E-state index contributed by atoms with van der Waals surface area (Å²) in [6, 6.07) is 3.32. The fourth-order valence-corrected chi connectivity index (χ4v) is 3.48. The Morgan fingerprint density at radius 3 is 2.62 bits per heavy atom. The van der Waals surface area contributed by atoms with Crippen molar-refractivity contribution in [2.45, 2.75) is 4.90 Å². The number of sulfonamides is 1. The molecule has 0 aliphatic carbocycles. The normalized spacial score (nSPS) is 11.2. The molecule has 0 radical (unpaired) electrons. The van der Waals surface area contributed by atoms with Gasteiger partial charge in [-0.25, -0.2) is 22.8 Å². The maximum atomic E-state index is 13.6. The molecule has 1 aromatic heterocycles. The zero-order valence-electron chi connectivity index (χ0n) is 10.5. The van der Waals surface area contributed by atoms with Gasteiger partial charge < -0.3 is 4.74 Å². The molecule has 2 rings (SSSR count). The number of nitrogens with one attached hydrogen (secondary N) is 1. The first kappa shape index (κ1) is 16.1. The van der Waals surface area contributed by atoms with E-state index >= 15 is 0 Å². The highest BCUT2D eigenvalue weighted by molar-refractivity contribution is 9.11. The number of ether oxygens (including phenoxy) is 1. The smallest absolute Gasteiger partial charge is 0.263 e. The summed E-state index contributed by atoms with van der Waals surface area (Å²) in [5.41, 5.74) is 0. The van der Waals surface area contributed by atoms with Crippen molar-refractivity contribution in [1.82, 2.24) is 9.97 Å². The van der Waals surface area contributed by atoms with Crippen LogP contribution in [-0.4, -0.2) is 25.5 Å². The molecule has 21 heavy (non-hydrogen) atoms. The van der Waals surface area contributed by atoms with Crippen LogP contribution in [0.15, 0.2) is 38.5 Å². The van der Waals surface area contributed by atoms with Crippen molar-refractivity contribution in [2.75, 3.05) is 11.8 Å². The van der Waals surface area contributed by atoms with Gasteiger partial charge in [0.05, 0.1) is 18.2 Å². The lowest BCUT2D eigenvalue weighted by Gasteiger charge is -2.09. The molecule has 0 aliphatic rings. The minimum absolute atomic E-state index is 0.00516. The first-order chi connectivity index (χ1) is 9.83. The molecule has 1 aromatic carbocycles. The Labute approximate surface area is 137 Å². The van der Waals surface area contributed by atoms with Crippen molar-refractivity contribution in [1.29, 1.82) is 0 Å². The Morgan fingerprint density at radius 1 is 1.33 bits per heavy atom. The van der Waals surface area contributed by atoms with Crippen molar-refractivity contribution in [3.63, 3.8) is 0 Å². The summed E-state index contributed by atoms with van der Waals surface area (Å²) in [5, 5.41) is 0. The van der Waals surface area contributed by atoms with Gasteiger partial charge >= 0.3 is 0 Å². The third-order valence-electron chi connectivity index (χ3n) is 2.37. The molecular weight excluding hydrogens is 433 g/mol. The quantitative estimate of drug-likeness (QED) is 0.790. The van der Waals surface area contributed by atoms with Gasteiger partial charge in [-0.05, 0) is 50.1 Å². The Balaban J connectivity index is 2.36. The number of anilines is 1. The van der Waals surface area contributed by atoms with Crippen LogP contribution in [0.5, 0.6) is 5.75 Å². The minimum atomic E-state index is -3.99. The van der Waals surface area contributed by atoms with Crippen LogP contribution in [0.1, 0.15) is 0 Å². The summed E-state index contributed by atoms with van der Waals surface area (Å²) < 4.78 is 45.5. The van der Waals surface area contributed by atoms with Crippen LogP contribution in [0.25, 0.3) is 0 Å². The molecule has 0 unspecified atom stereocenters. The maximum Gasteiger partial charge on any atom is 0.263 e. The highest BCUT2D eigenvalue weighted by atomic mass is 79.9. The van der Waals surface area contributed by atoms with E-state index in [4.69, 9.17) is 4.74 Å². The highest BCUT2D eigenvalue weighted by Crippen LogP contribution is 2.25. The molecule has 0 spiro atoms. The van der Waals surface area contributed by atoms with Crippen molar-refractivity contribution in [3.05, 3.63) is 39.4 Å². The zero-order chi connectivity index (χ0) is 15.6. The molecule has 0 aliphatic heterocycles. The van der Waals surface area contributed by atoms with Gasteiger partial charge in [-0.3, -0.25) is 4.72 Å². The van der Waals surface area contributed by atoms with Crippen molar-refractivity contribution in [2.24, 2.45) is 0 Å². The van der Waals surface area contributed by atoms with Crippen LogP contribution in [0.2, 0.25) is 0 Å². The molecule has 0 saturated heterocycles. The molecule has 112 valence electrons. The number of rotatable bonds is 4. The van der Waals surface area contributed by atoms with Gasteiger partial charge in [0.15, 0.2) is 22.0 Å². The zero-order valence-corrected chi connectivity index (χ0v) is 14.5. The molecule has 0 amide bonds. The summed E-state index contributed by atoms with van der Waals surface area (Å²) >= 11 is 6.19. The van der Waals surface area contributed by atoms with E-state index in [1.165, 1.54) is 25.4 Å². The summed E-state index contributed by atoms with van der Waals surface area (Å²) in [7, 11) is -2.70. The van der Waals surface area contributed by atoms with Gasteiger partial charge in [0.2, 0.25) is 0 Å². The number of benzene rings is 1. The van der Waals surface area contributed by atoms with Crippen LogP contribution in [0, 0.1) is 5.82 Å². The predicted molar refractivity (Wildman–Crippen MR) is 81.2 cm³/mol. The van der Waals surface area contributed by atoms with Crippen molar-refractivity contribution < 1.29 is 17.5 Å². The monoisotopic (exact) mass is 439 g/mol. The van der Waals surface area contributed by atoms with E-state index in [1.54, 1.807) is 0 Å². The SMILES string of the molecule is COc1ccc(S(=O)(=O)Nc2ncc(Br)nc2Br)cc1F. The van der Waals surface area contributed by atoms with Crippen molar-refractivity contribution in [3.8, 4) is 5.75 Å². The molecule has 1 heterocycles. The highest BCUT2D eigenvalue weighted by Gasteiger charge is 2.19. The van der Waals surface area contributed by atoms with E-state index in [0.717, 1.165) is 6.07 Å². The van der Waals surface area contributed by atoms with Gasteiger partial charge in [-0.1, -0.05) is 0 Å². The Kier molecular flexibility index (Phi) is 4.79. The standard InChI is InChI=1S/C11H8Br2FN3O3S/c1-20-8-3-2-6(4-7(8)14)21(18,19)17-11-10(13)16-9(12)5-15-11/h2-5H,1H3,(H,15,17). The molecule has 10 heteroatoms. The number of hydrogen-bond donors (Lipinski definition) is 1. The second-order valence-electron chi connectivity index (χ2n) is 3.73. The summed E-state index contributed by atoms with van der Waals surface area (Å²) in [6.07, 6.45) is 1.33. The van der Waals surface area contributed by atoms with E-state index < -0.39 is 15.8 Å². The lowest BCUT2D eigenvalue weighted by atomic mass is 10.3. The molecular formula is C11H8Br2FN3O3S. The van der Waals surface area contributed by atoms with Gasteiger partial charge in [0.25, 0.3) is 10.0 Å². The second kappa shape index (κ2) is 6.24.